The van der Waals surface area contributed by atoms with Crippen LogP contribution in [0.15, 0.2) is 12.1 Å². The maximum Gasteiger partial charge on any atom is 0.165 e. The zero-order valence-electron chi connectivity index (χ0n) is 13.6. The summed E-state index contributed by atoms with van der Waals surface area (Å²) in [6.45, 7) is 1.84. The zero-order valence-corrected chi connectivity index (χ0v) is 13.6. The summed E-state index contributed by atoms with van der Waals surface area (Å²) in [6, 6.07) is 4.95. The fraction of sp³-hybridized carbons (Fsp3) is 0.667. The van der Waals surface area contributed by atoms with Crippen molar-refractivity contribution in [3.63, 3.8) is 0 Å². The van der Waals surface area contributed by atoms with Gasteiger partial charge in [0.25, 0.3) is 0 Å². The maximum absolute atomic E-state index is 4.44. The number of nitrogens with zero attached hydrogens (tertiary/aromatic N) is 8. The van der Waals surface area contributed by atoms with Crippen LogP contribution < -0.4 is 4.90 Å². The van der Waals surface area contributed by atoms with Gasteiger partial charge in [-0.05, 0) is 54.8 Å². The van der Waals surface area contributed by atoms with Crippen molar-refractivity contribution in [3.05, 3.63) is 23.7 Å². The van der Waals surface area contributed by atoms with Crippen molar-refractivity contribution in [2.24, 2.45) is 0 Å². The second-order valence-corrected chi connectivity index (χ2v) is 6.61. The summed E-state index contributed by atoms with van der Waals surface area (Å²) in [4.78, 5) is 4.39. The quantitative estimate of drug-likeness (QED) is 0.820. The summed E-state index contributed by atoms with van der Waals surface area (Å²) in [7, 11) is 3.95. The molecule has 0 spiro atoms. The van der Waals surface area contributed by atoms with Gasteiger partial charge in [-0.25, -0.2) is 4.68 Å². The molecule has 0 aromatic carbocycles. The topological polar surface area (TPSA) is 75.9 Å². The minimum Gasteiger partial charge on any atom is -0.361 e. The van der Waals surface area contributed by atoms with Gasteiger partial charge in [-0.15, -0.1) is 10.2 Å². The van der Waals surface area contributed by atoms with E-state index in [4.69, 9.17) is 0 Å². The predicted molar refractivity (Wildman–Crippen MR) is 84.8 cm³/mol. The van der Waals surface area contributed by atoms with Gasteiger partial charge in [-0.1, -0.05) is 0 Å². The largest absolute Gasteiger partial charge is 0.361 e. The van der Waals surface area contributed by atoms with Gasteiger partial charge in [0, 0.05) is 14.1 Å². The van der Waals surface area contributed by atoms with E-state index in [1.165, 1.54) is 19.3 Å². The van der Waals surface area contributed by atoms with Gasteiger partial charge in [0.15, 0.2) is 11.6 Å². The number of rotatable bonds is 5. The molecule has 0 bridgehead atoms. The molecule has 1 unspecified atom stereocenters. The molecule has 1 saturated carbocycles. The third-order valence-corrected chi connectivity index (χ3v) is 4.63. The van der Waals surface area contributed by atoms with Crippen molar-refractivity contribution in [2.75, 3.05) is 25.5 Å². The molecule has 3 heterocycles. The molecule has 1 saturated heterocycles. The number of hydrogen-bond donors (Lipinski definition) is 0. The normalized spacial score (nSPS) is 21.7. The Hall–Kier alpha value is -2.09. The van der Waals surface area contributed by atoms with Crippen molar-refractivity contribution in [1.29, 1.82) is 0 Å². The molecule has 1 aliphatic carbocycles. The Balaban J connectivity index is 1.50. The van der Waals surface area contributed by atoms with Crippen molar-refractivity contribution >= 4 is 5.82 Å². The van der Waals surface area contributed by atoms with Gasteiger partial charge in [0.05, 0.1) is 24.3 Å². The molecule has 0 N–H and O–H groups in total. The lowest BCUT2D eigenvalue weighted by molar-refractivity contribution is 0.232. The van der Waals surface area contributed by atoms with Crippen LogP contribution >= 0.6 is 0 Å². The molecular weight excluding hydrogens is 292 g/mol. The summed E-state index contributed by atoms with van der Waals surface area (Å²) in [5, 5.41) is 21.0. The van der Waals surface area contributed by atoms with E-state index < -0.39 is 0 Å². The lowest BCUT2D eigenvalue weighted by atomic mass is 10.1. The monoisotopic (exact) mass is 314 g/mol. The SMILES string of the molecule is CN(C)c1ccc(C2CCCN2Cc2nnnn2C2CC2)nn1. The van der Waals surface area contributed by atoms with Gasteiger partial charge in [0.1, 0.15) is 0 Å². The molecule has 2 aromatic rings. The molecule has 2 fully saturated rings. The molecule has 2 aliphatic rings. The first-order chi connectivity index (χ1) is 11.2. The first-order valence-corrected chi connectivity index (χ1v) is 8.24. The number of tetrazole rings is 1. The van der Waals surface area contributed by atoms with E-state index in [0.29, 0.717) is 12.1 Å². The smallest absolute Gasteiger partial charge is 0.165 e. The van der Waals surface area contributed by atoms with E-state index >= 15 is 0 Å². The Morgan fingerprint density at radius 1 is 1.13 bits per heavy atom. The molecular formula is C15H22N8. The van der Waals surface area contributed by atoms with Crippen molar-refractivity contribution in [1.82, 2.24) is 35.3 Å². The van der Waals surface area contributed by atoms with Crippen LogP contribution in [0.4, 0.5) is 5.82 Å². The van der Waals surface area contributed by atoms with E-state index in [9.17, 15) is 0 Å². The van der Waals surface area contributed by atoms with Crippen LogP contribution in [-0.4, -0.2) is 55.9 Å². The van der Waals surface area contributed by atoms with Crippen molar-refractivity contribution < 1.29 is 0 Å². The Labute approximate surface area is 135 Å². The molecule has 1 atom stereocenters. The third kappa shape index (κ3) is 2.90. The maximum atomic E-state index is 4.44. The van der Waals surface area contributed by atoms with E-state index in [0.717, 1.165) is 36.8 Å². The highest BCUT2D eigenvalue weighted by Crippen LogP contribution is 2.36. The minimum absolute atomic E-state index is 0.308. The van der Waals surface area contributed by atoms with Crippen LogP contribution in [0.1, 0.15) is 49.3 Å². The average Bonchev–Trinajstić information content (AvgIpc) is 3.12. The summed E-state index contributed by atoms with van der Waals surface area (Å²) >= 11 is 0. The molecule has 4 rings (SSSR count). The van der Waals surface area contributed by atoms with E-state index in [2.05, 4.69) is 36.7 Å². The van der Waals surface area contributed by atoms with Gasteiger partial charge >= 0.3 is 0 Å². The number of anilines is 1. The minimum atomic E-state index is 0.308. The molecule has 8 heteroatoms. The molecule has 2 aromatic heterocycles. The van der Waals surface area contributed by atoms with Crippen molar-refractivity contribution in [2.45, 2.75) is 44.3 Å². The zero-order chi connectivity index (χ0) is 15.8. The van der Waals surface area contributed by atoms with Crippen LogP contribution in [-0.2, 0) is 6.54 Å². The van der Waals surface area contributed by atoms with Crippen LogP contribution in [0.25, 0.3) is 0 Å². The Morgan fingerprint density at radius 2 is 2.00 bits per heavy atom. The highest BCUT2D eigenvalue weighted by molar-refractivity contribution is 5.35. The predicted octanol–water partition coefficient (Wildman–Crippen LogP) is 1.20. The molecule has 0 amide bonds. The van der Waals surface area contributed by atoms with E-state index in [1.54, 1.807) is 0 Å². The highest BCUT2D eigenvalue weighted by atomic mass is 15.6. The van der Waals surface area contributed by atoms with Gasteiger partial charge in [-0.3, -0.25) is 4.90 Å². The number of aromatic nitrogens is 6. The number of hydrogen-bond acceptors (Lipinski definition) is 7. The van der Waals surface area contributed by atoms with Crippen LogP contribution in [0, 0.1) is 0 Å². The highest BCUT2D eigenvalue weighted by Gasteiger charge is 2.32. The molecule has 23 heavy (non-hydrogen) atoms. The fourth-order valence-corrected chi connectivity index (χ4v) is 3.20. The van der Waals surface area contributed by atoms with Crippen molar-refractivity contribution in [3.8, 4) is 0 Å². The first kappa shape index (κ1) is 14.5. The second kappa shape index (κ2) is 5.84. The van der Waals surface area contributed by atoms with Crippen LogP contribution in [0.5, 0.6) is 0 Å². The molecule has 1 aliphatic heterocycles. The number of likely N-dealkylation sites (tertiary alicyclic amines) is 1. The second-order valence-electron chi connectivity index (χ2n) is 6.61. The third-order valence-electron chi connectivity index (χ3n) is 4.63. The molecule has 0 radical (unpaired) electrons. The lowest BCUT2D eigenvalue weighted by Gasteiger charge is -2.23. The molecule has 8 nitrogen and oxygen atoms in total. The summed E-state index contributed by atoms with van der Waals surface area (Å²) in [6.07, 6.45) is 4.67. The Kier molecular flexibility index (Phi) is 3.68. The van der Waals surface area contributed by atoms with E-state index in [1.807, 2.05) is 29.7 Å². The first-order valence-electron chi connectivity index (χ1n) is 8.24. The Bertz CT molecular complexity index is 660. The van der Waals surface area contributed by atoms with Crippen LogP contribution in [0.3, 0.4) is 0 Å². The Morgan fingerprint density at radius 3 is 2.70 bits per heavy atom. The summed E-state index contributed by atoms with van der Waals surface area (Å²) in [5.41, 5.74) is 1.04. The van der Waals surface area contributed by atoms with Gasteiger partial charge in [0.2, 0.25) is 0 Å². The van der Waals surface area contributed by atoms with Gasteiger partial charge in [-0.2, -0.15) is 5.10 Å². The average molecular weight is 314 g/mol. The van der Waals surface area contributed by atoms with E-state index in [-0.39, 0.29) is 0 Å². The van der Waals surface area contributed by atoms with Crippen LogP contribution in [0.2, 0.25) is 0 Å². The standard InChI is InChI=1S/C15H22N8/c1-21(2)14-8-7-12(16-17-14)13-4-3-9-22(13)10-15-18-19-20-23(15)11-5-6-11/h7-8,11,13H,3-6,9-10H2,1-2H3. The summed E-state index contributed by atoms with van der Waals surface area (Å²) in [5.74, 6) is 1.85. The molecule has 122 valence electrons. The fourth-order valence-electron chi connectivity index (χ4n) is 3.20. The lowest BCUT2D eigenvalue weighted by Crippen LogP contribution is -2.26. The van der Waals surface area contributed by atoms with Gasteiger partial charge < -0.3 is 4.90 Å². The summed E-state index contributed by atoms with van der Waals surface area (Å²) < 4.78 is 2.00.